The SMILES string of the molecule is COc1ccc([C@H](C)Nc2ncnc3c2ncn3[C@@H]2O[C@H](CO)[C@@H](O)[C@H]2O)cc1. The summed E-state index contributed by atoms with van der Waals surface area (Å²) in [6.45, 7) is 1.60. The molecule has 1 aliphatic rings. The number of nitrogens with one attached hydrogen (secondary N) is 1. The monoisotopic (exact) mass is 401 g/mol. The average Bonchev–Trinajstić information content (AvgIpc) is 3.30. The van der Waals surface area contributed by atoms with Gasteiger partial charge >= 0.3 is 0 Å². The summed E-state index contributed by atoms with van der Waals surface area (Å²) in [6, 6.07) is 7.65. The number of aliphatic hydroxyl groups excluding tert-OH is 3. The molecule has 0 saturated carbocycles. The standard InChI is InChI=1S/C19H23N5O5/c1-10(11-3-5-12(28-2)6-4-11)23-17-14-18(21-8-20-17)24(9-22-14)19-16(27)15(26)13(7-25)29-19/h3-6,8-10,13,15-16,19,25-27H,7H2,1-2H3,(H,20,21,23)/t10-,13+,15+,16+,19+/m0/s1. The Morgan fingerprint density at radius 1 is 1.17 bits per heavy atom. The van der Waals surface area contributed by atoms with E-state index in [0.29, 0.717) is 17.0 Å². The smallest absolute Gasteiger partial charge is 0.167 e. The van der Waals surface area contributed by atoms with Crippen LogP contribution in [0.3, 0.4) is 0 Å². The van der Waals surface area contributed by atoms with Gasteiger partial charge in [-0.25, -0.2) is 15.0 Å². The highest BCUT2D eigenvalue weighted by Crippen LogP contribution is 2.32. The van der Waals surface area contributed by atoms with E-state index in [9.17, 15) is 15.3 Å². The zero-order valence-electron chi connectivity index (χ0n) is 16.0. The fourth-order valence-electron chi connectivity index (χ4n) is 3.43. The zero-order chi connectivity index (χ0) is 20.5. The highest BCUT2D eigenvalue weighted by Gasteiger charge is 2.44. The van der Waals surface area contributed by atoms with Crippen LogP contribution >= 0.6 is 0 Å². The number of hydrogen-bond acceptors (Lipinski definition) is 9. The number of anilines is 1. The molecule has 0 bridgehead atoms. The Morgan fingerprint density at radius 2 is 1.93 bits per heavy atom. The van der Waals surface area contributed by atoms with Gasteiger partial charge in [-0.2, -0.15) is 0 Å². The van der Waals surface area contributed by atoms with E-state index in [2.05, 4.69) is 20.3 Å². The van der Waals surface area contributed by atoms with Crippen LogP contribution in [0.1, 0.15) is 24.8 Å². The third-order valence-corrected chi connectivity index (χ3v) is 5.12. The predicted molar refractivity (Wildman–Crippen MR) is 103 cm³/mol. The minimum atomic E-state index is -1.21. The molecule has 4 rings (SSSR count). The predicted octanol–water partition coefficient (Wildman–Crippen LogP) is 0.619. The summed E-state index contributed by atoms with van der Waals surface area (Å²) in [5.74, 6) is 1.31. The van der Waals surface area contributed by atoms with Crippen LogP contribution in [0.5, 0.6) is 5.75 Å². The van der Waals surface area contributed by atoms with Crippen molar-refractivity contribution in [2.45, 2.75) is 37.5 Å². The van der Waals surface area contributed by atoms with E-state index < -0.39 is 31.1 Å². The zero-order valence-corrected chi connectivity index (χ0v) is 16.0. The molecular weight excluding hydrogens is 378 g/mol. The summed E-state index contributed by atoms with van der Waals surface area (Å²) in [5, 5.41) is 32.9. The van der Waals surface area contributed by atoms with Gasteiger partial charge in [0.1, 0.15) is 30.4 Å². The van der Waals surface area contributed by atoms with E-state index >= 15 is 0 Å². The van der Waals surface area contributed by atoms with Gasteiger partial charge in [0.15, 0.2) is 23.2 Å². The number of rotatable bonds is 6. The largest absolute Gasteiger partial charge is 0.497 e. The second kappa shape index (κ2) is 7.91. The molecule has 0 spiro atoms. The Hall–Kier alpha value is -2.79. The van der Waals surface area contributed by atoms with Crippen molar-refractivity contribution in [1.82, 2.24) is 19.5 Å². The van der Waals surface area contributed by atoms with Gasteiger partial charge in [-0.1, -0.05) is 12.1 Å². The van der Waals surface area contributed by atoms with Crippen molar-refractivity contribution in [3.63, 3.8) is 0 Å². The molecule has 10 heteroatoms. The lowest BCUT2D eigenvalue weighted by Gasteiger charge is -2.17. The van der Waals surface area contributed by atoms with Crippen LogP contribution in [0.25, 0.3) is 11.2 Å². The Balaban J connectivity index is 1.60. The first-order valence-electron chi connectivity index (χ1n) is 9.24. The molecule has 2 aromatic heterocycles. The third kappa shape index (κ3) is 3.51. The first kappa shape index (κ1) is 19.5. The van der Waals surface area contributed by atoms with E-state index in [1.54, 1.807) is 7.11 Å². The lowest BCUT2D eigenvalue weighted by Crippen LogP contribution is -2.33. The fourth-order valence-corrected chi connectivity index (χ4v) is 3.43. The third-order valence-electron chi connectivity index (χ3n) is 5.12. The number of aliphatic hydroxyl groups is 3. The van der Waals surface area contributed by atoms with Crippen LogP contribution in [-0.2, 0) is 4.74 Å². The van der Waals surface area contributed by atoms with Crippen molar-refractivity contribution in [3.8, 4) is 5.75 Å². The summed E-state index contributed by atoms with van der Waals surface area (Å²) in [6.07, 6.45) is -1.32. The molecule has 10 nitrogen and oxygen atoms in total. The van der Waals surface area contributed by atoms with Gasteiger partial charge < -0.3 is 30.1 Å². The molecule has 154 valence electrons. The van der Waals surface area contributed by atoms with Crippen molar-refractivity contribution in [2.75, 3.05) is 19.0 Å². The van der Waals surface area contributed by atoms with Crippen molar-refractivity contribution < 1.29 is 24.8 Å². The molecule has 1 fully saturated rings. The number of hydrogen-bond donors (Lipinski definition) is 4. The lowest BCUT2D eigenvalue weighted by molar-refractivity contribution is -0.0511. The maximum absolute atomic E-state index is 10.3. The molecular formula is C19H23N5O5. The van der Waals surface area contributed by atoms with Gasteiger partial charge in [-0.15, -0.1) is 0 Å². The summed E-state index contributed by atoms with van der Waals surface area (Å²) < 4.78 is 12.3. The summed E-state index contributed by atoms with van der Waals surface area (Å²) in [5.41, 5.74) is 1.99. The Labute approximate surface area is 166 Å². The number of ether oxygens (including phenoxy) is 2. The molecule has 1 saturated heterocycles. The normalized spacial score (nSPS) is 25.3. The molecule has 0 aliphatic carbocycles. The van der Waals surface area contributed by atoms with Crippen molar-refractivity contribution in [3.05, 3.63) is 42.5 Å². The van der Waals surface area contributed by atoms with Crippen LogP contribution in [0, 0.1) is 0 Å². The topological polar surface area (TPSA) is 135 Å². The van der Waals surface area contributed by atoms with Crippen LogP contribution in [0.4, 0.5) is 5.82 Å². The molecule has 3 heterocycles. The number of methoxy groups -OCH3 is 1. The van der Waals surface area contributed by atoms with Gasteiger partial charge in [0.25, 0.3) is 0 Å². The van der Waals surface area contributed by atoms with Crippen LogP contribution < -0.4 is 10.1 Å². The van der Waals surface area contributed by atoms with E-state index in [1.807, 2.05) is 31.2 Å². The van der Waals surface area contributed by atoms with E-state index in [0.717, 1.165) is 11.3 Å². The Bertz CT molecular complexity index is 979. The van der Waals surface area contributed by atoms with Crippen LogP contribution in [-0.4, -0.2) is 66.9 Å². The maximum Gasteiger partial charge on any atom is 0.167 e. The van der Waals surface area contributed by atoms with Crippen molar-refractivity contribution in [2.24, 2.45) is 0 Å². The highest BCUT2D eigenvalue weighted by atomic mass is 16.6. The minimum absolute atomic E-state index is 0.0573. The number of nitrogens with zero attached hydrogens (tertiary/aromatic N) is 4. The van der Waals surface area contributed by atoms with Gasteiger partial charge in [0, 0.05) is 0 Å². The number of imidazole rings is 1. The maximum atomic E-state index is 10.3. The molecule has 1 aliphatic heterocycles. The van der Waals surface area contributed by atoms with Crippen molar-refractivity contribution >= 4 is 17.0 Å². The first-order valence-corrected chi connectivity index (χ1v) is 9.24. The molecule has 0 unspecified atom stereocenters. The summed E-state index contributed by atoms with van der Waals surface area (Å²) >= 11 is 0. The van der Waals surface area contributed by atoms with Crippen LogP contribution in [0.15, 0.2) is 36.9 Å². The molecule has 4 N–H and O–H groups in total. The molecule has 1 aromatic carbocycles. The van der Waals surface area contributed by atoms with E-state index in [1.165, 1.54) is 17.2 Å². The molecule has 29 heavy (non-hydrogen) atoms. The summed E-state index contributed by atoms with van der Waals surface area (Å²) in [4.78, 5) is 12.9. The van der Waals surface area contributed by atoms with Crippen molar-refractivity contribution in [1.29, 1.82) is 0 Å². The highest BCUT2D eigenvalue weighted by molar-refractivity contribution is 5.82. The lowest BCUT2D eigenvalue weighted by atomic mass is 10.1. The second-order valence-electron chi connectivity index (χ2n) is 6.91. The van der Waals surface area contributed by atoms with Gasteiger partial charge in [-0.3, -0.25) is 4.57 Å². The number of fused-ring (bicyclic) bond motifs is 1. The van der Waals surface area contributed by atoms with Gasteiger partial charge in [-0.05, 0) is 24.6 Å². The van der Waals surface area contributed by atoms with E-state index in [4.69, 9.17) is 9.47 Å². The van der Waals surface area contributed by atoms with Gasteiger partial charge in [0.05, 0.1) is 26.1 Å². The number of aromatic nitrogens is 4. The second-order valence-corrected chi connectivity index (χ2v) is 6.91. The Morgan fingerprint density at radius 3 is 2.59 bits per heavy atom. The fraction of sp³-hybridized carbons (Fsp3) is 0.421. The molecule has 0 radical (unpaired) electrons. The Kier molecular flexibility index (Phi) is 5.33. The average molecular weight is 401 g/mol. The number of benzene rings is 1. The first-order chi connectivity index (χ1) is 14.0. The van der Waals surface area contributed by atoms with E-state index in [-0.39, 0.29) is 6.04 Å². The molecule has 3 aromatic rings. The molecule has 5 atom stereocenters. The quantitative estimate of drug-likeness (QED) is 0.469. The molecule has 0 amide bonds. The minimum Gasteiger partial charge on any atom is -0.497 e. The van der Waals surface area contributed by atoms with Gasteiger partial charge in [0.2, 0.25) is 0 Å². The van der Waals surface area contributed by atoms with Crippen LogP contribution in [0.2, 0.25) is 0 Å². The summed E-state index contributed by atoms with van der Waals surface area (Å²) in [7, 11) is 1.62.